The highest BCUT2D eigenvalue weighted by molar-refractivity contribution is 6.43. The molecule has 126 valence electrons. The van der Waals surface area contributed by atoms with Gasteiger partial charge in [0.25, 0.3) is 0 Å². The van der Waals surface area contributed by atoms with Crippen LogP contribution < -0.4 is 5.32 Å². The van der Waals surface area contributed by atoms with E-state index in [1.54, 1.807) is 42.7 Å². The normalized spacial score (nSPS) is 11.0. The van der Waals surface area contributed by atoms with Crippen molar-refractivity contribution in [3.05, 3.63) is 82.3 Å². The van der Waals surface area contributed by atoms with E-state index < -0.39 is 0 Å². The molecule has 25 heavy (non-hydrogen) atoms. The number of rotatable bonds is 5. The Balaban J connectivity index is 1.63. The number of benzene rings is 1. The molecule has 1 N–H and O–H groups in total. The molecular formula is C19H14Cl2N2O2. The summed E-state index contributed by atoms with van der Waals surface area (Å²) in [6.45, 7) is 0.415. The second-order valence-corrected chi connectivity index (χ2v) is 6.00. The molecule has 0 aliphatic heterocycles. The molecule has 2 heterocycles. The van der Waals surface area contributed by atoms with E-state index in [9.17, 15) is 4.79 Å². The molecule has 0 aliphatic rings. The van der Waals surface area contributed by atoms with Crippen LogP contribution in [0.4, 0.5) is 0 Å². The van der Waals surface area contributed by atoms with E-state index in [4.69, 9.17) is 27.6 Å². The number of nitrogens with one attached hydrogen (secondary N) is 1. The minimum Gasteiger partial charge on any atom is -0.457 e. The molecule has 0 fully saturated rings. The van der Waals surface area contributed by atoms with Crippen molar-refractivity contribution in [1.82, 2.24) is 10.3 Å². The maximum atomic E-state index is 11.9. The van der Waals surface area contributed by atoms with Crippen LogP contribution in [0.15, 0.2) is 65.4 Å². The van der Waals surface area contributed by atoms with Gasteiger partial charge in [-0.1, -0.05) is 35.3 Å². The van der Waals surface area contributed by atoms with Gasteiger partial charge in [-0.05, 0) is 42.0 Å². The van der Waals surface area contributed by atoms with Gasteiger partial charge in [-0.25, -0.2) is 0 Å². The van der Waals surface area contributed by atoms with Crippen LogP contribution in [0, 0.1) is 0 Å². The lowest BCUT2D eigenvalue weighted by atomic mass is 10.2. The van der Waals surface area contributed by atoms with Crippen LogP contribution in [0.2, 0.25) is 10.0 Å². The molecule has 0 saturated heterocycles. The Hall–Kier alpha value is -2.56. The molecule has 0 bridgehead atoms. The number of aromatic nitrogens is 1. The lowest BCUT2D eigenvalue weighted by Gasteiger charge is -2.02. The largest absolute Gasteiger partial charge is 0.457 e. The van der Waals surface area contributed by atoms with Crippen LogP contribution in [0.25, 0.3) is 17.4 Å². The monoisotopic (exact) mass is 372 g/mol. The Morgan fingerprint density at radius 3 is 2.84 bits per heavy atom. The van der Waals surface area contributed by atoms with Crippen molar-refractivity contribution in [2.24, 2.45) is 0 Å². The smallest absolute Gasteiger partial charge is 0.244 e. The summed E-state index contributed by atoms with van der Waals surface area (Å²) in [5.74, 6) is 0.910. The Bertz CT molecular complexity index is 905. The minimum absolute atomic E-state index is 0.220. The van der Waals surface area contributed by atoms with E-state index in [-0.39, 0.29) is 5.91 Å². The third kappa shape index (κ3) is 4.50. The third-order valence-electron chi connectivity index (χ3n) is 3.43. The van der Waals surface area contributed by atoms with Crippen LogP contribution in [0.3, 0.4) is 0 Å². The fourth-order valence-corrected chi connectivity index (χ4v) is 2.58. The minimum atomic E-state index is -0.220. The van der Waals surface area contributed by atoms with E-state index in [0.29, 0.717) is 33.7 Å². The maximum absolute atomic E-state index is 11.9. The van der Waals surface area contributed by atoms with Gasteiger partial charge in [-0.2, -0.15) is 0 Å². The zero-order valence-electron chi connectivity index (χ0n) is 13.1. The number of carbonyl (C=O) groups is 1. The van der Waals surface area contributed by atoms with E-state index in [0.717, 1.165) is 5.56 Å². The first kappa shape index (κ1) is 17.3. The first-order valence-electron chi connectivity index (χ1n) is 7.52. The predicted octanol–water partition coefficient (Wildman–Crippen LogP) is 4.98. The number of hydrogen-bond acceptors (Lipinski definition) is 3. The predicted molar refractivity (Wildman–Crippen MR) is 99.3 cm³/mol. The summed E-state index contributed by atoms with van der Waals surface area (Å²) in [6, 6.07) is 12.6. The summed E-state index contributed by atoms with van der Waals surface area (Å²) in [7, 11) is 0. The molecule has 0 spiro atoms. The Labute approximate surface area is 155 Å². The summed E-state index contributed by atoms with van der Waals surface area (Å²) < 4.78 is 5.70. The molecule has 1 aromatic carbocycles. The van der Waals surface area contributed by atoms with E-state index >= 15 is 0 Å². The number of pyridine rings is 1. The number of carbonyl (C=O) groups excluding carboxylic acids is 1. The lowest BCUT2D eigenvalue weighted by molar-refractivity contribution is -0.116. The van der Waals surface area contributed by atoms with Crippen molar-refractivity contribution in [3.63, 3.8) is 0 Å². The van der Waals surface area contributed by atoms with Crippen molar-refractivity contribution in [1.29, 1.82) is 0 Å². The molecular weight excluding hydrogens is 359 g/mol. The maximum Gasteiger partial charge on any atom is 0.244 e. The van der Waals surface area contributed by atoms with Gasteiger partial charge in [0.2, 0.25) is 5.91 Å². The SMILES string of the molecule is O=C(/C=C/c1ccc(-c2cccc(Cl)c2Cl)o1)NCc1cccnc1. The second kappa shape index (κ2) is 8.01. The number of hydrogen-bond donors (Lipinski definition) is 1. The number of furan rings is 1. The molecule has 1 amide bonds. The first-order chi connectivity index (χ1) is 12.1. The highest BCUT2D eigenvalue weighted by Crippen LogP contribution is 2.34. The Morgan fingerprint density at radius 2 is 2.04 bits per heavy atom. The highest BCUT2D eigenvalue weighted by atomic mass is 35.5. The zero-order chi connectivity index (χ0) is 17.6. The molecule has 6 heteroatoms. The van der Waals surface area contributed by atoms with Crippen LogP contribution in [0.5, 0.6) is 0 Å². The van der Waals surface area contributed by atoms with Gasteiger partial charge in [0.1, 0.15) is 11.5 Å². The number of amides is 1. The van der Waals surface area contributed by atoms with Crippen molar-refractivity contribution in [2.75, 3.05) is 0 Å². The first-order valence-corrected chi connectivity index (χ1v) is 8.28. The van der Waals surface area contributed by atoms with E-state index in [1.807, 2.05) is 18.2 Å². The average molecular weight is 373 g/mol. The molecule has 3 aromatic rings. The average Bonchev–Trinajstić information content (AvgIpc) is 3.10. The topological polar surface area (TPSA) is 55.1 Å². The molecule has 0 saturated carbocycles. The van der Waals surface area contributed by atoms with Crippen molar-refractivity contribution in [3.8, 4) is 11.3 Å². The quantitative estimate of drug-likeness (QED) is 0.642. The summed E-state index contributed by atoms with van der Waals surface area (Å²) >= 11 is 12.2. The standard InChI is InChI=1S/C19H14Cl2N2O2/c20-16-5-1-4-15(19(16)21)17-8-6-14(25-17)7-9-18(24)23-12-13-3-2-10-22-11-13/h1-11H,12H2,(H,23,24)/b9-7+. The molecule has 3 rings (SSSR count). The third-order valence-corrected chi connectivity index (χ3v) is 4.25. The highest BCUT2D eigenvalue weighted by Gasteiger charge is 2.10. The van der Waals surface area contributed by atoms with Crippen LogP contribution in [0.1, 0.15) is 11.3 Å². The van der Waals surface area contributed by atoms with Gasteiger partial charge in [-0.15, -0.1) is 0 Å². The molecule has 0 radical (unpaired) electrons. The van der Waals surface area contributed by atoms with Gasteiger partial charge in [0.15, 0.2) is 0 Å². The van der Waals surface area contributed by atoms with Crippen molar-refractivity contribution in [2.45, 2.75) is 6.54 Å². The summed E-state index contributed by atoms with van der Waals surface area (Å²) in [5.41, 5.74) is 1.63. The van der Waals surface area contributed by atoms with Crippen LogP contribution in [-0.4, -0.2) is 10.9 Å². The fourth-order valence-electron chi connectivity index (χ4n) is 2.19. The Kier molecular flexibility index (Phi) is 5.53. The van der Waals surface area contributed by atoms with E-state index in [1.165, 1.54) is 6.08 Å². The van der Waals surface area contributed by atoms with Crippen molar-refractivity contribution >= 4 is 35.2 Å². The van der Waals surface area contributed by atoms with Crippen LogP contribution in [-0.2, 0) is 11.3 Å². The molecule has 0 aliphatic carbocycles. The van der Waals surface area contributed by atoms with Gasteiger partial charge in [-0.3, -0.25) is 9.78 Å². The molecule has 4 nitrogen and oxygen atoms in total. The van der Waals surface area contributed by atoms with Crippen LogP contribution >= 0.6 is 23.2 Å². The molecule has 0 unspecified atom stereocenters. The van der Waals surface area contributed by atoms with Gasteiger partial charge < -0.3 is 9.73 Å². The second-order valence-electron chi connectivity index (χ2n) is 5.22. The summed E-state index contributed by atoms with van der Waals surface area (Å²) in [4.78, 5) is 15.9. The number of nitrogens with zero attached hydrogens (tertiary/aromatic N) is 1. The van der Waals surface area contributed by atoms with Gasteiger partial charge in [0.05, 0.1) is 10.0 Å². The summed E-state index contributed by atoms with van der Waals surface area (Å²) in [5, 5.41) is 3.67. The zero-order valence-corrected chi connectivity index (χ0v) is 14.6. The Morgan fingerprint density at radius 1 is 1.16 bits per heavy atom. The van der Waals surface area contributed by atoms with Gasteiger partial charge in [0, 0.05) is 30.6 Å². The number of halogens is 2. The molecule has 0 atom stereocenters. The fraction of sp³-hybridized carbons (Fsp3) is 0.0526. The van der Waals surface area contributed by atoms with E-state index in [2.05, 4.69) is 10.3 Å². The molecule has 2 aromatic heterocycles. The van der Waals surface area contributed by atoms with Crippen molar-refractivity contribution < 1.29 is 9.21 Å². The summed E-state index contributed by atoms with van der Waals surface area (Å²) in [6.07, 6.45) is 6.41. The lowest BCUT2D eigenvalue weighted by Crippen LogP contribution is -2.20. The van der Waals surface area contributed by atoms with Gasteiger partial charge >= 0.3 is 0 Å².